The summed E-state index contributed by atoms with van der Waals surface area (Å²) >= 11 is 6.73. The van der Waals surface area contributed by atoms with Crippen LogP contribution in [0.1, 0.15) is 19.4 Å². The second-order valence-corrected chi connectivity index (χ2v) is 8.27. The highest BCUT2D eigenvalue weighted by molar-refractivity contribution is 8.26. The molecule has 0 bridgehead atoms. The monoisotopic (exact) mass is 406 g/mol. The van der Waals surface area contributed by atoms with Crippen molar-refractivity contribution in [2.24, 2.45) is 0 Å². The fourth-order valence-electron chi connectivity index (χ4n) is 3.01. The molecule has 0 spiro atoms. The Morgan fingerprint density at radius 1 is 1.11 bits per heavy atom. The second-order valence-electron chi connectivity index (χ2n) is 6.59. The van der Waals surface area contributed by atoms with Crippen molar-refractivity contribution < 1.29 is 4.79 Å². The van der Waals surface area contributed by atoms with Gasteiger partial charge in [-0.1, -0.05) is 42.2 Å². The lowest BCUT2D eigenvalue weighted by atomic mass is 10.1. The molecule has 1 fully saturated rings. The number of thioether (sulfide) groups is 1. The summed E-state index contributed by atoms with van der Waals surface area (Å²) in [6.07, 6.45) is 7.29. The van der Waals surface area contributed by atoms with E-state index in [-0.39, 0.29) is 11.9 Å². The maximum absolute atomic E-state index is 12.8. The Hall–Kier alpha value is -2.77. The summed E-state index contributed by atoms with van der Waals surface area (Å²) in [5, 5.41) is 4.77. The lowest BCUT2D eigenvalue weighted by Gasteiger charge is -2.18. The van der Waals surface area contributed by atoms with E-state index in [0.717, 1.165) is 22.5 Å². The van der Waals surface area contributed by atoms with E-state index in [1.165, 1.54) is 11.8 Å². The minimum absolute atomic E-state index is 0.0325. The lowest BCUT2D eigenvalue weighted by Crippen LogP contribution is -2.34. The molecule has 0 aliphatic carbocycles. The molecule has 5 nitrogen and oxygen atoms in total. The largest absolute Gasteiger partial charge is 0.290 e. The first kappa shape index (κ1) is 18.6. The standard InChI is InChI=1S/C21H18N4OS2/c1-14(2)25-20(26)18(28-21(25)27)12-16-13-24(17-6-4-3-5-7-17)23-19(16)15-8-10-22-11-9-15/h3-14H,1-2H3/b18-12-. The van der Waals surface area contributed by atoms with E-state index in [9.17, 15) is 4.79 Å². The Kier molecular flexibility index (Phi) is 5.11. The van der Waals surface area contributed by atoms with Gasteiger partial charge < -0.3 is 0 Å². The van der Waals surface area contributed by atoms with Crippen molar-refractivity contribution in [2.75, 3.05) is 0 Å². The molecule has 1 saturated heterocycles. The maximum atomic E-state index is 12.8. The number of carbonyl (C=O) groups excluding carboxylic acids is 1. The Balaban J connectivity index is 1.81. The molecule has 4 rings (SSSR count). The Bertz CT molecular complexity index is 1060. The normalized spacial score (nSPS) is 15.8. The smallest absolute Gasteiger partial charge is 0.266 e. The van der Waals surface area contributed by atoms with Crippen LogP contribution in [0, 0.1) is 0 Å². The number of hydrogen-bond donors (Lipinski definition) is 0. The van der Waals surface area contributed by atoms with E-state index >= 15 is 0 Å². The van der Waals surface area contributed by atoms with Gasteiger partial charge in [0.1, 0.15) is 10.0 Å². The summed E-state index contributed by atoms with van der Waals surface area (Å²) in [4.78, 5) is 19.2. The fraction of sp³-hybridized carbons (Fsp3) is 0.143. The average Bonchev–Trinajstić information content (AvgIpc) is 3.24. The number of nitrogens with zero attached hydrogens (tertiary/aromatic N) is 4. The van der Waals surface area contributed by atoms with Crippen LogP contribution in [0.25, 0.3) is 23.0 Å². The minimum atomic E-state index is -0.0573. The summed E-state index contributed by atoms with van der Waals surface area (Å²) in [6.45, 7) is 3.92. The van der Waals surface area contributed by atoms with Gasteiger partial charge in [-0.2, -0.15) is 5.10 Å². The first-order valence-corrected chi connectivity index (χ1v) is 10.1. The lowest BCUT2D eigenvalue weighted by molar-refractivity contribution is -0.123. The number of rotatable bonds is 4. The zero-order chi connectivity index (χ0) is 19.7. The van der Waals surface area contributed by atoms with Crippen molar-refractivity contribution in [1.82, 2.24) is 19.7 Å². The van der Waals surface area contributed by atoms with Gasteiger partial charge in [-0.15, -0.1) is 0 Å². The number of benzene rings is 1. The van der Waals surface area contributed by atoms with E-state index in [0.29, 0.717) is 9.23 Å². The topological polar surface area (TPSA) is 51.0 Å². The highest BCUT2D eigenvalue weighted by Crippen LogP contribution is 2.35. The molecule has 0 unspecified atom stereocenters. The van der Waals surface area contributed by atoms with Crippen molar-refractivity contribution in [3.63, 3.8) is 0 Å². The summed E-state index contributed by atoms with van der Waals surface area (Å²) in [5.41, 5.74) is 3.54. The van der Waals surface area contributed by atoms with Crippen LogP contribution >= 0.6 is 24.0 Å². The van der Waals surface area contributed by atoms with Crippen molar-refractivity contribution in [3.05, 3.63) is 71.5 Å². The number of para-hydroxylation sites is 1. The molecule has 0 atom stereocenters. The van der Waals surface area contributed by atoms with Crippen LogP contribution in [0.4, 0.5) is 0 Å². The molecular weight excluding hydrogens is 388 g/mol. The van der Waals surface area contributed by atoms with Crippen LogP contribution in [0.2, 0.25) is 0 Å². The van der Waals surface area contributed by atoms with E-state index in [4.69, 9.17) is 17.3 Å². The van der Waals surface area contributed by atoms with Crippen molar-refractivity contribution in [3.8, 4) is 16.9 Å². The summed E-state index contributed by atoms with van der Waals surface area (Å²) in [6, 6.07) is 13.7. The van der Waals surface area contributed by atoms with Gasteiger partial charge in [0.2, 0.25) is 0 Å². The molecule has 0 saturated carbocycles. The minimum Gasteiger partial charge on any atom is -0.290 e. The maximum Gasteiger partial charge on any atom is 0.266 e. The molecule has 3 heterocycles. The number of aromatic nitrogens is 3. The first-order chi connectivity index (χ1) is 13.5. The molecule has 1 aliphatic heterocycles. The van der Waals surface area contributed by atoms with Crippen molar-refractivity contribution in [2.45, 2.75) is 19.9 Å². The average molecular weight is 407 g/mol. The van der Waals surface area contributed by atoms with E-state index in [1.54, 1.807) is 17.3 Å². The molecule has 1 aliphatic rings. The van der Waals surface area contributed by atoms with Crippen LogP contribution in [0.15, 0.2) is 66.0 Å². The predicted octanol–water partition coefficient (Wildman–Crippen LogP) is 4.54. The SMILES string of the molecule is CC(C)N1C(=O)/C(=C/c2cn(-c3ccccc3)nc2-c2ccncc2)SC1=S. The molecule has 1 amide bonds. The number of carbonyl (C=O) groups is 1. The molecule has 3 aromatic rings. The zero-order valence-corrected chi connectivity index (χ0v) is 17.1. The Morgan fingerprint density at radius 2 is 1.82 bits per heavy atom. The quantitative estimate of drug-likeness (QED) is 0.470. The molecule has 2 aromatic heterocycles. The van der Waals surface area contributed by atoms with Crippen LogP contribution in [0.5, 0.6) is 0 Å². The van der Waals surface area contributed by atoms with Gasteiger partial charge in [0.25, 0.3) is 5.91 Å². The Labute approximate surface area is 173 Å². The van der Waals surface area contributed by atoms with Gasteiger partial charge in [0.15, 0.2) is 0 Å². The van der Waals surface area contributed by atoms with Crippen molar-refractivity contribution >= 4 is 40.3 Å². The van der Waals surface area contributed by atoms with E-state index in [2.05, 4.69) is 4.98 Å². The fourth-order valence-corrected chi connectivity index (χ4v) is 4.52. The molecule has 0 radical (unpaired) electrons. The molecule has 7 heteroatoms. The zero-order valence-electron chi connectivity index (χ0n) is 15.4. The molecule has 1 aromatic carbocycles. The highest BCUT2D eigenvalue weighted by atomic mass is 32.2. The van der Waals surface area contributed by atoms with E-state index < -0.39 is 0 Å². The second kappa shape index (κ2) is 7.69. The van der Waals surface area contributed by atoms with Crippen molar-refractivity contribution in [1.29, 1.82) is 0 Å². The third-order valence-corrected chi connectivity index (χ3v) is 5.67. The third-order valence-electron chi connectivity index (χ3n) is 4.34. The Morgan fingerprint density at radius 3 is 2.46 bits per heavy atom. The van der Waals surface area contributed by atoms with Gasteiger partial charge in [0, 0.05) is 35.8 Å². The summed E-state index contributed by atoms with van der Waals surface area (Å²) in [7, 11) is 0. The van der Waals surface area contributed by atoms with E-state index in [1.807, 2.05) is 73.3 Å². The van der Waals surface area contributed by atoms with Gasteiger partial charge in [0.05, 0.1) is 10.6 Å². The first-order valence-electron chi connectivity index (χ1n) is 8.87. The highest BCUT2D eigenvalue weighted by Gasteiger charge is 2.34. The molecular formula is C21H18N4OS2. The van der Waals surface area contributed by atoms with Gasteiger partial charge in [-0.25, -0.2) is 4.68 Å². The van der Waals surface area contributed by atoms with Crippen LogP contribution in [-0.4, -0.2) is 35.9 Å². The van der Waals surface area contributed by atoms with Crippen LogP contribution in [0.3, 0.4) is 0 Å². The summed E-state index contributed by atoms with van der Waals surface area (Å²) < 4.78 is 2.41. The molecule has 28 heavy (non-hydrogen) atoms. The summed E-state index contributed by atoms with van der Waals surface area (Å²) in [5.74, 6) is -0.0573. The van der Waals surface area contributed by atoms with Gasteiger partial charge in [-0.05, 0) is 44.2 Å². The van der Waals surface area contributed by atoms with Crippen LogP contribution in [-0.2, 0) is 4.79 Å². The number of amides is 1. The predicted molar refractivity (Wildman–Crippen MR) is 117 cm³/mol. The molecule has 0 N–H and O–H groups in total. The number of hydrogen-bond acceptors (Lipinski definition) is 5. The number of thiocarbonyl (C=S) groups is 1. The number of pyridine rings is 1. The van der Waals surface area contributed by atoms with Gasteiger partial charge >= 0.3 is 0 Å². The third kappa shape index (κ3) is 3.50. The van der Waals surface area contributed by atoms with Crippen LogP contribution < -0.4 is 0 Å². The molecule has 140 valence electrons. The van der Waals surface area contributed by atoms with Gasteiger partial charge in [-0.3, -0.25) is 14.7 Å².